The van der Waals surface area contributed by atoms with E-state index in [1.807, 2.05) is 0 Å². The van der Waals surface area contributed by atoms with Crippen LogP contribution in [-0.2, 0) is 11.3 Å². The van der Waals surface area contributed by atoms with Crippen LogP contribution in [-0.4, -0.2) is 12.5 Å². The Balaban J connectivity index is 1.93. The summed E-state index contributed by atoms with van der Waals surface area (Å²) >= 11 is 1.74. The third-order valence-corrected chi connectivity index (χ3v) is 4.90. The molecular formula is C14H22N2OS. The van der Waals surface area contributed by atoms with Crippen molar-refractivity contribution in [1.82, 2.24) is 5.32 Å². The Morgan fingerprint density at radius 2 is 2.11 bits per heavy atom. The van der Waals surface area contributed by atoms with Gasteiger partial charge in [-0.1, -0.05) is 19.3 Å². The van der Waals surface area contributed by atoms with Crippen molar-refractivity contribution < 1.29 is 4.79 Å². The monoisotopic (exact) mass is 266 g/mol. The van der Waals surface area contributed by atoms with Gasteiger partial charge in [0.05, 0.1) is 12.0 Å². The van der Waals surface area contributed by atoms with Crippen LogP contribution >= 0.6 is 11.3 Å². The van der Waals surface area contributed by atoms with Crippen LogP contribution in [0.2, 0.25) is 0 Å². The highest BCUT2D eigenvalue weighted by Gasteiger charge is 2.37. The van der Waals surface area contributed by atoms with Crippen molar-refractivity contribution in [3.8, 4) is 0 Å². The summed E-state index contributed by atoms with van der Waals surface area (Å²) in [5.74, 6) is 0.149. The van der Waals surface area contributed by atoms with Crippen molar-refractivity contribution in [3.63, 3.8) is 0 Å². The van der Waals surface area contributed by atoms with E-state index in [2.05, 4.69) is 24.4 Å². The van der Waals surface area contributed by atoms with Gasteiger partial charge < -0.3 is 11.1 Å². The highest BCUT2D eigenvalue weighted by atomic mass is 32.1. The molecule has 0 aliphatic heterocycles. The number of hydrogen-bond acceptors (Lipinski definition) is 3. The van der Waals surface area contributed by atoms with Crippen LogP contribution in [0.25, 0.3) is 0 Å². The average Bonchev–Trinajstić information content (AvgIpc) is 2.82. The lowest BCUT2D eigenvalue weighted by atomic mass is 9.73. The molecule has 0 atom stereocenters. The number of nitrogens with two attached hydrogens (primary N) is 1. The molecule has 0 unspecified atom stereocenters. The molecule has 2 rings (SSSR count). The highest BCUT2D eigenvalue weighted by Crippen LogP contribution is 2.35. The van der Waals surface area contributed by atoms with Crippen molar-refractivity contribution in [1.29, 1.82) is 0 Å². The van der Waals surface area contributed by atoms with Gasteiger partial charge in [0.25, 0.3) is 0 Å². The fourth-order valence-corrected chi connectivity index (χ4v) is 3.52. The number of carbonyl (C=O) groups excluding carboxylic acids is 1. The minimum atomic E-state index is -0.301. The minimum absolute atomic E-state index is 0.149. The van der Waals surface area contributed by atoms with Gasteiger partial charge >= 0.3 is 0 Å². The number of rotatable bonds is 4. The Bertz CT molecular complexity index is 408. The Kier molecular flexibility index (Phi) is 4.40. The molecule has 0 aromatic carbocycles. The van der Waals surface area contributed by atoms with Crippen LogP contribution in [0.15, 0.2) is 12.1 Å². The fourth-order valence-electron chi connectivity index (χ4n) is 2.69. The largest absolute Gasteiger partial charge is 0.351 e. The topological polar surface area (TPSA) is 55.1 Å². The summed E-state index contributed by atoms with van der Waals surface area (Å²) in [5, 5.41) is 3.07. The Morgan fingerprint density at radius 3 is 2.67 bits per heavy atom. The van der Waals surface area contributed by atoms with Crippen LogP contribution in [0.3, 0.4) is 0 Å². The second kappa shape index (κ2) is 5.85. The van der Waals surface area contributed by atoms with Gasteiger partial charge in [-0.25, -0.2) is 0 Å². The van der Waals surface area contributed by atoms with Crippen LogP contribution in [0.5, 0.6) is 0 Å². The maximum atomic E-state index is 12.3. The van der Waals surface area contributed by atoms with E-state index in [0.29, 0.717) is 13.1 Å². The van der Waals surface area contributed by atoms with Crippen LogP contribution in [0, 0.1) is 12.3 Å². The number of amides is 1. The van der Waals surface area contributed by atoms with Gasteiger partial charge in [0, 0.05) is 16.3 Å². The third kappa shape index (κ3) is 2.93. The van der Waals surface area contributed by atoms with Crippen molar-refractivity contribution in [2.24, 2.45) is 11.1 Å². The standard InChI is InChI=1S/C14H22N2OS/c1-11-5-6-12(18-11)9-16-13(17)14(10-15)7-3-2-4-8-14/h5-6H,2-4,7-10,15H2,1H3,(H,16,17). The molecular weight excluding hydrogens is 244 g/mol. The van der Waals surface area contributed by atoms with Gasteiger partial charge in [-0.2, -0.15) is 0 Å². The zero-order chi connectivity index (χ0) is 13.0. The average molecular weight is 266 g/mol. The highest BCUT2D eigenvalue weighted by molar-refractivity contribution is 7.11. The van der Waals surface area contributed by atoms with E-state index >= 15 is 0 Å². The Morgan fingerprint density at radius 1 is 1.39 bits per heavy atom. The maximum Gasteiger partial charge on any atom is 0.227 e. The quantitative estimate of drug-likeness (QED) is 0.880. The number of aryl methyl sites for hydroxylation is 1. The molecule has 0 radical (unpaired) electrons. The fraction of sp³-hybridized carbons (Fsp3) is 0.643. The van der Waals surface area contributed by atoms with E-state index in [-0.39, 0.29) is 11.3 Å². The summed E-state index contributed by atoms with van der Waals surface area (Å²) in [6.07, 6.45) is 5.38. The second-order valence-electron chi connectivity index (χ2n) is 5.24. The molecule has 100 valence electrons. The molecule has 3 N–H and O–H groups in total. The number of hydrogen-bond donors (Lipinski definition) is 2. The van der Waals surface area contributed by atoms with Crippen LogP contribution < -0.4 is 11.1 Å². The molecule has 0 saturated heterocycles. The molecule has 1 aliphatic carbocycles. The van der Waals surface area contributed by atoms with Gasteiger partial charge in [-0.3, -0.25) is 4.79 Å². The normalized spacial score (nSPS) is 18.6. The lowest BCUT2D eigenvalue weighted by Crippen LogP contribution is -2.46. The number of thiophene rings is 1. The van der Waals surface area contributed by atoms with Crippen molar-refractivity contribution in [2.45, 2.75) is 45.6 Å². The van der Waals surface area contributed by atoms with Gasteiger partial charge in [0.15, 0.2) is 0 Å². The first-order valence-corrected chi connectivity index (χ1v) is 7.52. The predicted molar refractivity (Wildman–Crippen MR) is 75.5 cm³/mol. The first kappa shape index (κ1) is 13.6. The van der Waals surface area contributed by atoms with E-state index < -0.39 is 0 Å². The predicted octanol–water partition coefficient (Wildman–Crippen LogP) is 2.58. The van der Waals surface area contributed by atoms with Gasteiger partial charge in [-0.05, 0) is 31.9 Å². The van der Waals surface area contributed by atoms with Gasteiger partial charge in [0.1, 0.15) is 0 Å². The van der Waals surface area contributed by atoms with E-state index in [0.717, 1.165) is 25.7 Å². The van der Waals surface area contributed by atoms with Crippen molar-refractivity contribution in [3.05, 3.63) is 21.9 Å². The molecule has 1 saturated carbocycles. The lowest BCUT2D eigenvalue weighted by Gasteiger charge is -2.34. The van der Waals surface area contributed by atoms with Gasteiger partial charge in [-0.15, -0.1) is 11.3 Å². The summed E-state index contributed by atoms with van der Waals surface area (Å²) in [6.45, 7) is 3.19. The molecule has 1 aromatic heterocycles. The lowest BCUT2D eigenvalue weighted by molar-refractivity contribution is -0.132. The molecule has 3 nitrogen and oxygen atoms in total. The molecule has 1 fully saturated rings. The molecule has 0 spiro atoms. The maximum absolute atomic E-state index is 12.3. The summed E-state index contributed by atoms with van der Waals surface area (Å²) in [4.78, 5) is 14.8. The molecule has 1 aromatic rings. The zero-order valence-electron chi connectivity index (χ0n) is 11.0. The van der Waals surface area contributed by atoms with Gasteiger partial charge in [0.2, 0.25) is 5.91 Å². The molecule has 1 heterocycles. The van der Waals surface area contributed by atoms with E-state index in [9.17, 15) is 4.79 Å². The number of nitrogens with one attached hydrogen (secondary N) is 1. The summed E-state index contributed by atoms with van der Waals surface area (Å²) in [5.41, 5.74) is 5.55. The summed E-state index contributed by atoms with van der Waals surface area (Å²) in [7, 11) is 0. The first-order chi connectivity index (χ1) is 8.66. The zero-order valence-corrected chi connectivity index (χ0v) is 11.8. The summed E-state index contributed by atoms with van der Waals surface area (Å²) in [6, 6.07) is 4.17. The van der Waals surface area contributed by atoms with E-state index in [1.54, 1.807) is 11.3 Å². The third-order valence-electron chi connectivity index (χ3n) is 3.90. The number of carbonyl (C=O) groups is 1. The van der Waals surface area contributed by atoms with E-state index in [1.165, 1.54) is 16.2 Å². The van der Waals surface area contributed by atoms with Crippen LogP contribution in [0.1, 0.15) is 41.9 Å². The van der Waals surface area contributed by atoms with Crippen molar-refractivity contribution in [2.75, 3.05) is 6.54 Å². The second-order valence-corrected chi connectivity index (χ2v) is 6.61. The SMILES string of the molecule is Cc1ccc(CNC(=O)C2(CN)CCCCC2)s1. The molecule has 0 bridgehead atoms. The molecule has 18 heavy (non-hydrogen) atoms. The minimum Gasteiger partial charge on any atom is -0.351 e. The van der Waals surface area contributed by atoms with Crippen molar-refractivity contribution >= 4 is 17.2 Å². The Hall–Kier alpha value is -0.870. The van der Waals surface area contributed by atoms with Crippen LogP contribution in [0.4, 0.5) is 0 Å². The Labute approximate surface area is 113 Å². The van der Waals surface area contributed by atoms with E-state index in [4.69, 9.17) is 5.73 Å². The summed E-state index contributed by atoms with van der Waals surface area (Å²) < 4.78 is 0. The molecule has 4 heteroatoms. The smallest absolute Gasteiger partial charge is 0.227 e. The first-order valence-electron chi connectivity index (χ1n) is 6.70. The molecule has 1 amide bonds. The molecule has 1 aliphatic rings.